The molecule has 0 aromatic heterocycles. The Labute approximate surface area is 271 Å². The maximum Gasteiger partial charge on any atom is 0.256 e. The van der Waals surface area contributed by atoms with Crippen molar-refractivity contribution in [3.05, 3.63) is 35.4 Å². The van der Waals surface area contributed by atoms with E-state index in [2.05, 4.69) is 27.4 Å². The SMILES string of the molecule is COc1cc2c(cc1OCCCCCOc1cc3c(cc1OC)C(=O)N1CC4(CC4)CC1[C@H](C)N3)NCC1CC3(CC3)CN1C2=O. The van der Waals surface area contributed by atoms with Crippen molar-refractivity contribution in [2.45, 2.75) is 82.8 Å². The van der Waals surface area contributed by atoms with Gasteiger partial charge in [-0.2, -0.15) is 0 Å². The number of ether oxygens (including phenoxy) is 4. The van der Waals surface area contributed by atoms with Crippen LogP contribution in [0.4, 0.5) is 11.4 Å². The van der Waals surface area contributed by atoms with Crippen LogP contribution in [0.25, 0.3) is 0 Å². The van der Waals surface area contributed by atoms with Crippen molar-refractivity contribution in [2.24, 2.45) is 10.8 Å². The lowest BCUT2D eigenvalue weighted by atomic mass is 9.99. The van der Waals surface area contributed by atoms with Crippen LogP contribution in [0.15, 0.2) is 24.3 Å². The van der Waals surface area contributed by atoms with Crippen molar-refractivity contribution >= 4 is 23.2 Å². The Bertz CT molecular complexity index is 1550. The van der Waals surface area contributed by atoms with Gasteiger partial charge in [-0.15, -0.1) is 0 Å². The topological polar surface area (TPSA) is 102 Å². The smallest absolute Gasteiger partial charge is 0.256 e. The van der Waals surface area contributed by atoms with E-state index in [4.69, 9.17) is 18.9 Å². The standard InChI is InChI=1S/C36H46N4O6/c1-22-28-18-36(9-10-36)21-40(28)34(42)25-14-30(44-3)32(16-27(25)38-22)46-12-6-4-5-11-45-31-15-26-24(13-29(31)43-2)33(41)39-20-35(7-8-35)17-23(39)19-37-26/h13-16,22-23,28,37-38H,4-12,17-21H2,1-3H3/t22-,23?,28?/m0/s1. The summed E-state index contributed by atoms with van der Waals surface area (Å²) in [6.07, 6.45) is 9.74. The Morgan fingerprint density at radius 1 is 0.739 bits per heavy atom. The first-order valence-electron chi connectivity index (χ1n) is 17.1. The molecule has 2 aliphatic carbocycles. The molecule has 2 N–H and O–H groups in total. The molecule has 4 heterocycles. The molecule has 6 aliphatic rings. The molecule has 10 heteroatoms. The van der Waals surface area contributed by atoms with E-state index in [0.717, 1.165) is 63.1 Å². The summed E-state index contributed by atoms with van der Waals surface area (Å²) in [6, 6.07) is 8.16. The Morgan fingerprint density at radius 2 is 1.30 bits per heavy atom. The van der Waals surface area contributed by atoms with Crippen LogP contribution < -0.4 is 29.6 Å². The normalized spacial score (nSPS) is 25.8. The van der Waals surface area contributed by atoms with Crippen LogP contribution >= 0.6 is 0 Å². The van der Waals surface area contributed by atoms with Crippen LogP contribution in [0.3, 0.4) is 0 Å². The van der Waals surface area contributed by atoms with Crippen LogP contribution in [0.5, 0.6) is 23.0 Å². The number of unbranched alkanes of at least 4 members (excludes halogenated alkanes) is 2. The second-order valence-electron chi connectivity index (χ2n) is 14.7. The third kappa shape index (κ3) is 5.17. The molecule has 2 spiro atoms. The van der Waals surface area contributed by atoms with Crippen molar-refractivity contribution in [3.63, 3.8) is 0 Å². The number of hydrogen-bond donors (Lipinski definition) is 2. The largest absolute Gasteiger partial charge is 0.493 e. The number of fused-ring (bicyclic) bond motifs is 4. The molecule has 3 atom stereocenters. The van der Waals surface area contributed by atoms with Crippen LogP contribution in [-0.4, -0.2) is 86.8 Å². The van der Waals surface area contributed by atoms with Gasteiger partial charge in [0.1, 0.15) is 0 Å². The fourth-order valence-corrected chi connectivity index (χ4v) is 8.34. The summed E-state index contributed by atoms with van der Waals surface area (Å²) in [5.41, 5.74) is 3.69. The summed E-state index contributed by atoms with van der Waals surface area (Å²) in [5.74, 6) is 2.64. The van der Waals surface area contributed by atoms with Crippen molar-refractivity contribution in [1.82, 2.24) is 9.80 Å². The van der Waals surface area contributed by atoms with E-state index in [9.17, 15) is 9.59 Å². The van der Waals surface area contributed by atoms with E-state index in [-0.39, 0.29) is 29.9 Å². The van der Waals surface area contributed by atoms with Crippen molar-refractivity contribution in [1.29, 1.82) is 0 Å². The number of amides is 2. The molecule has 0 bridgehead atoms. The number of rotatable bonds is 10. The molecule has 246 valence electrons. The Balaban J connectivity index is 0.845. The maximum atomic E-state index is 13.6. The molecule has 2 amide bonds. The van der Waals surface area contributed by atoms with Gasteiger partial charge in [0.25, 0.3) is 11.8 Å². The minimum absolute atomic E-state index is 0.0887. The molecular formula is C36H46N4O6. The molecule has 2 saturated carbocycles. The van der Waals surface area contributed by atoms with E-state index >= 15 is 0 Å². The molecule has 2 aromatic rings. The van der Waals surface area contributed by atoms with E-state index in [1.165, 1.54) is 25.7 Å². The summed E-state index contributed by atoms with van der Waals surface area (Å²) in [7, 11) is 3.24. The van der Waals surface area contributed by atoms with E-state index in [1.54, 1.807) is 14.2 Å². The number of nitrogens with zero attached hydrogens (tertiary/aromatic N) is 2. The Kier molecular flexibility index (Phi) is 7.18. The van der Waals surface area contributed by atoms with Crippen LogP contribution in [0.2, 0.25) is 0 Å². The van der Waals surface area contributed by atoms with Gasteiger partial charge in [-0.1, -0.05) is 0 Å². The summed E-state index contributed by atoms with van der Waals surface area (Å²) in [4.78, 5) is 31.2. The molecular weight excluding hydrogens is 584 g/mol. The Hall–Kier alpha value is -3.82. The fourth-order valence-electron chi connectivity index (χ4n) is 8.34. The highest BCUT2D eigenvalue weighted by molar-refractivity contribution is 6.02. The van der Waals surface area contributed by atoms with Gasteiger partial charge >= 0.3 is 0 Å². The number of carbonyl (C=O) groups excluding carboxylic acids is 2. The van der Waals surface area contributed by atoms with Crippen LogP contribution in [0, 0.1) is 10.8 Å². The summed E-state index contributed by atoms with van der Waals surface area (Å²) >= 11 is 0. The lowest BCUT2D eigenvalue weighted by Gasteiger charge is -2.26. The highest BCUT2D eigenvalue weighted by Crippen LogP contribution is 2.57. The van der Waals surface area contributed by atoms with E-state index < -0.39 is 0 Å². The quantitative estimate of drug-likeness (QED) is 0.329. The average molecular weight is 631 g/mol. The number of benzene rings is 2. The summed E-state index contributed by atoms with van der Waals surface area (Å²) < 4.78 is 23.6. The van der Waals surface area contributed by atoms with Gasteiger partial charge in [0.15, 0.2) is 23.0 Å². The third-order valence-electron chi connectivity index (χ3n) is 11.5. The molecule has 0 radical (unpaired) electrons. The second kappa shape index (κ2) is 11.2. The zero-order valence-electron chi connectivity index (χ0n) is 27.3. The average Bonchev–Trinajstić information content (AvgIpc) is 3.93. The van der Waals surface area contributed by atoms with Gasteiger partial charge in [0.05, 0.1) is 56.0 Å². The van der Waals surface area contributed by atoms with Gasteiger partial charge in [-0.05, 0) is 87.7 Å². The number of nitrogens with one attached hydrogen (secondary N) is 2. The van der Waals surface area contributed by atoms with Crippen molar-refractivity contribution in [3.8, 4) is 23.0 Å². The molecule has 10 nitrogen and oxygen atoms in total. The second-order valence-corrected chi connectivity index (χ2v) is 14.7. The summed E-state index contributed by atoms with van der Waals surface area (Å²) in [6.45, 7) is 5.75. The zero-order chi connectivity index (χ0) is 31.6. The first kappa shape index (κ1) is 29.6. The molecule has 2 saturated heterocycles. The molecule has 4 aliphatic heterocycles. The first-order chi connectivity index (χ1) is 22.3. The van der Waals surface area contributed by atoms with Gasteiger partial charge < -0.3 is 39.4 Å². The molecule has 46 heavy (non-hydrogen) atoms. The number of carbonyl (C=O) groups is 2. The monoisotopic (exact) mass is 630 g/mol. The molecule has 2 aromatic carbocycles. The minimum Gasteiger partial charge on any atom is -0.493 e. The van der Waals surface area contributed by atoms with Gasteiger partial charge in [0.2, 0.25) is 0 Å². The van der Waals surface area contributed by atoms with Gasteiger partial charge in [-0.3, -0.25) is 9.59 Å². The number of methoxy groups -OCH3 is 2. The molecule has 8 rings (SSSR count). The van der Waals surface area contributed by atoms with Crippen molar-refractivity contribution < 1.29 is 28.5 Å². The third-order valence-corrected chi connectivity index (χ3v) is 11.5. The minimum atomic E-state index is 0.0887. The predicted molar refractivity (Wildman–Crippen MR) is 175 cm³/mol. The lowest BCUT2D eigenvalue weighted by Crippen LogP contribution is -2.41. The Morgan fingerprint density at radius 3 is 1.93 bits per heavy atom. The van der Waals surface area contributed by atoms with E-state index in [1.807, 2.05) is 24.3 Å². The first-order valence-corrected chi connectivity index (χ1v) is 17.1. The van der Waals surface area contributed by atoms with Gasteiger partial charge in [-0.25, -0.2) is 0 Å². The zero-order valence-corrected chi connectivity index (χ0v) is 27.3. The lowest BCUT2D eigenvalue weighted by molar-refractivity contribution is 0.0726. The maximum absolute atomic E-state index is 13.6. The highest BCUT2D eigenvalue weighted by Gasteiger charge is 2.56. The van der Waals surface area contributed by atoms with Crippen molar-refractivity contribution in [2.75, 3.05) is 57.7 Å². The van der Waals surface area contributed by atoms with Gasteiger partial charge in [0, 0.05) is 43.9 Å². The summed E-state index contributed by atoms with van der Waals surface area (Å²) in [5, 5.41) is 7.14. The van der Waals surface area contributed by atoms with Crippen LogP contribution in [0.1, 0.15) is 85.4 Å². The van der Waals surface area contributed by atoms with Crippen LogP contribution in [-0.2, 0) is 0 Å². The number of anilines is 2. The predicted octanol–water partition coefficient (Wildman–Crippen LogP) is 5.56. The van der Waals surface area contributed by atoms with E-state index in [0.29, 0.717) is 58.2 Å². The highest BCUT2D eigenvalue weighted by atomic mass is 16.5. The molecule has 4 fully saturated rings. The fraction of sp³-hybridized carbons (Fsp3) is 0.611. The number of hydrogen-bond acceptors (Lipinski definition) is 8. The molecule has 2 unspecified atom stereocenters.